The van der Waals surface area contributed by atoms with Gasteiger partial charge in [0.2, 0.25) is 12.3 Å². The fraction of sp³-hybridized carbons (Fsp3) is 0.429. The molecule has 1 aromatic carbocycles. The maximum absolute atomic E-state index is 12.3. The average Bonchev–Trinajstić information content (AvgIpc) is 2.55. The lowest BCUT2D eigenvalue weighted by atomic mass is 10.3. The Balaban J connectivity index is 1.95. The van der Waals surface area contributed by atoms with Crippen molar-refractivity contribution in [1.29, 1.82) is 0 Å². The minimum atomic E-state index is -3.61. The second kappa shape index (κ2) is 7.51. The quantitative estimate of drug-likeness (QED) is 0.726. The molecule has 0 saturated carbocycles. The third-order valence-corrected chi connectivity index (χ3v) is 6.10. The van der Waals surface area contributed by atoms with Gasteiger partial charge in [0, 0.05) is 32.6 Å². The summed E-state index contributed by atoms with van der Waals surface area (Å²) in [6.07, 6.45) is 0.639. The molecule has 0 radical (unpaired) electrons. The molecule has 0 unspecified atom stereocenters. The van der Waals surface area contributed by atoms with E-state index in [2.05, 4.69) is 0 Å². The summed E-state index contributed by atoms with van der Waals surface area (Å²) in [5.41, 5.74) is 0. The molecule has 2 rings (SSSR count). The molecule has 0 aromatic heterocycles. The van der Waals surface area contributed by atoms with Crippen molar-refractivity contribution < 1.29 is 18.0 Å². The van der Waals surface area contributed by atoms with E-state index in [1.807, 2.05) is 0 Å². The van der Waals surface area contributed by atoms with Crippen molar-refractivity contribution in [3.05, 3.63) is 28.2 Å². The van der Waals surface area contributed by atoms with Gasteiger partial charge < -0.3 is 9.80 Å². The van der Waals surface area contributed by atoms with Crippen LogP contribution in [-0.4, -0.2) is 62.5 Å². The summed E-state index contributed by atoms with van der Waals surface area (Å²) < 4.78 is 24.5. The molecule has 1 saturated heterocycles. The number of benzene rings is 1. The van der Waals surface area contributed by atoms with Crippen LogP contribution in [0.3, 0.4) is 0 Å². The van der Waals surface area contributed by atoms with Gasteiger partial charge in [-0.25, -0.2) is 8.42 Å². The number of rotatable bonds is 5. The average molecular weight is 379 g/mol. The Hall–Kier alpha value is -1.31. The summed E-state index contributed by atoms with van der Waals surface area (Å²) in [5.74, 6) is -0.531. The molecule has 2 amide bonds. The zero-order valence-corrected chi connectivity index (χ0v) is 14.6. The molecule has 9 heteroatoms. The first-order chi connectivity index (χ1) is 10.8. The lowest BCUT2D eigenvalue weighted by Crippen LogP contribution is -2.48. The highest BCUT2D eigenvalue weighted by Gasteiger charge is 2.23. The minimum absolute atomic E-state index is 0.0467. The van der Waals surface area contributed by atoms with E-state index in [0.717, 1.165) is 6.41 Å². The number of hydrogen-bond acceptors (Lipinski definition) is 4. The van der Waals surface area contributed by atoms with Crippen LogP contribution in [0.2, 0.25) is 10.0 Å². The third kappa shape index (κ3) is 4.59. The van der Waals surface area contributed by atoms with E-state index in [1.54, 1.807) is 9.80 Å². The number of carbonyl (C=O) groups is 2. The van der Waals surface area contributed by atoms with Gasteiger partial charge in [-0.15, -0.1) is 0 Å². The van der Waals surface area contributed by atoms with E-state index in [1.165, 1.54) is 18.2 Å². The number of carbonyl (C=O) groups excluding carboxylic acids is 2. The highest BCUT2D eigenvalue weighted by atomic mass is 35.5. The minimum Gasteiger partial charge on any atom is -0.342 e. The highest BCUT2D eigenvalue weighted by molar-refractivity contribution is 7.91. The van der Waals surface area contributed by atoms with Crippen LogP contribution in [0.5, 0.6) is 0 Å². The van der Waals surface area contributed by atoms with Gasteiger partial charge in [-0.3, -0.25) is 9.59 Å². The summed E-state index contributed by atoms with van der Waals surface area (Å²) in [6.45, 7) is 1.78. The van der Waals surface area contributed by atoms with Crippen LogP contribution in [0, 0.1) is 0 Å². The van der Waals surface area contributed by atoms with Gasteiger partial charge in [0.05, 0.1) is 20.7 Å². The van der Waals surface area contributed by atoms with E-state index in [0.29, 0.717) is 26.2 Å². The number of hydrogen-bond donors (Lipinski definition) is 0. The molecule has 0 atom stereocenters. The van der Waals surface area contributed by atoms with Gasteiger partial charge in [0.15, 0.2) is 9.84 Å². The highest BCUT2D eigenvalue weighted by Crippen LogP contribution is 2.25. The van der Waals surface area contributed by atoms with Crippen molar-refractivity contribution >= 4 is 45.4 Å². The lowest BCUT2D eigenvalue weighted by molar-refractivity contribution is -0.134. The number of halogens is 2. The molecule has 1 aliphatic rings. The fourth-order valence-corrected chi connectivity index (χ4v) is 3.86. The van der Waals surface area contributed by atoms with Crippen LogP contribution in [-0.2, 0) is 19.4 Å². The summed E-state index contributed by atoms with van der Waals surface area (Å²) in [4.78, 5) is 25.9. The monoisotopic (exact) mass is 378 g/mol. The Bertz CT molecular complexity index is 701. The zero-order valence-electron chi connectivity index (χ0n) is 12.2. The molecule has 6 nitrogen and oxygen atoms in total. The normalized spacial score (nSPS) is 15.6. The topological polar surface area (TPSA) is 74.8 Å². The van der Waals surface area contributed by atoms with Gasteiger partial charge in [-0.2, -0.15) is 0 Å². The van der Waals surface area contributed by atoms with Crippen LogP contribution in [0.1, 0.15) is 6.42 Å². The molecule has 1 fully saturated rings. The van der Waals surface area contributed by atoms with E-state index in [-0.39, 0.29) is 33.0 Å². The van der Waals surface area contributed by atoms with E-state index in [9.17, 15) is 18.0 Å². The van der Waals surface area contributed by atoms with Crippen molar-refractivity contribution in [2.24, 2.45) is 0 Å². The SMILES string of the molecule is O=CN1CCN(C(=O)CCS(=O)(=O)c2ccc(Cl)c(Cl)c2)CC1. The first-order valence-electron chi connectivity index (χ1n) is 6.98. The number of nitrogens with zero attached hydrogens (tertiary/aromatic N) is 2. The van der Waals surface area contributed by atoms with Crippen molar-refractivity contribution in [2.45, 2.75) is 11.3 Å². The molecule has 1 heterocycles. The summed E-state index contributed by atoms with van der Waals surface area (Å²) in [7, 11) is -3.61. The van der Waals surface area contributed by atoms with Gasteiger partial charge in [-0.05, 0) is 18.2 Å². The molecule has 0 aliphatic carbocycles. The third-order valence-electron chi connectivity index (χ3n) is 3.65. The van der Waals surface area contributed by atoms with Crippen LogP contribution in [0.25, 0.3) is 0 Å². The van der Waals surface area contributed by atoms with Gasteiger partial charge in [-0.1, -0.05) is 23.2 Å². The lowest BCUT2D eigenvalue weighted by Gasteiger charge is -2.32. The Labute approximate surface area is 144 Å². The Kier molecular flexibility index (Phi) is 5.89. The fourth-order valence-electron chi connectivity index (χ4n) is 2.24. The number of piperazine rings is 1. The zero-order chi connectivity index (χ0) is 17.0. The van der Waals surface area contributed by atoms with Gasteiger partial charge in [0.1, 0.15) is 0 Å². The van der Waals surface area contributed by atoms with Crippen LogP contribution in [0.15, 0.2) is 23.1 Å². The van der Waals surface area contributed by atoms with Crippen molar-refractivity contribution in [2.75, 3.05) is 31.9 Å². The second-order valence-corrected chi connectivity index (χ2v) is 8.09. The molecule has 0 spiro atoms. The van der Waals surface area contributed by atoms with Crippen LogP contribution >= 0.6 is 23.2 Å². The maximum atomic E-state index is 12.3. The molecular formula is C14H16Cl2N2O4S. The molecule has 1 aromatic rings. The predicted octanol–water partition coefficient (Wildman–Crippen LogP) is 1.46. The Morgan fingerprint density at radius 2 is 1.78 bits per heavy atom. The molecule has 126 valence electrons. The van der Waals surface area contributed by atoms with Gasteiger partial charge >= 0.3 is 0 Å². The maximum Gasteiger partial charge on any atom is 0.223 e. The smallest absolute Gasteiger partial charge is 0.223 e. The largest absolute Gasteiger partial charge is 0.342 e. The first-order valence-corrected chi connectivity index (χ1v) is 9.39. The van der Waals surface area contributed by atoms with E-state index < -0.39 is 9.84 Å². The molecule has 0 bridgehead atoms. The standard InChI is InChI=1S/C14H16Cl2N2O4S/c15-12-2-1-11(9-13(12)16)23(21,22)8-3-14(20)18-6-4-17(10-19)5-7-18/h1-2,9-10H,3-8H2. The second-order valence-electron chi connectivity index (χ2n) is 5.17. The van der Waals surface area contributed by atoms with Crippen molar-refractivity contribution in [3.63, 3.8) is 0 Å². The first kappa shape index (κ1) is 18.0. The molecular weight excluding hydrogens is 363 g/mol. The predicted molar refractivity (Wildman–Crippen MR) is 87.3 cm³/mol. The summed E-state index contributed by atoms with van der Waals surface area (Å²) >= 11 is 11.6. The van der Waals surface area contributed by atoms with E-state index in [4.69, 9.17) is 23.2 Å². The number of amides is 2. The number of sulfone groups is 1. The van der Waals surface area contributed by atoms with Gasteiger partial charge in [0.25, 0.3) is 0 Å². The van der Waals surface area contributed by atoms with Crippen LogP contribution in [0.4, 0.5) is 0 Å². The van der Waals surface area contributed by atoms with Crippen molar-refractivity contribution in [3.8, 4) is 0 Å². The molecule has 23 heavy (non-hydrogen) atoms. The molecule has 0 N–H and O–H groups in total. The summed E-state index contributed by atoms with van der Waals surface area (Å²) in [5, 5.41) is 0.429. The van der Waals surface area contributed by atoms with E-state index >= 15 is 0 Å². The van der Waals surface area contributed by atoms with Crippen LogP contribution < -0.4 is 0 Å². The molecule has 1 aliphatic heterocycles. The van der Waals surface area contributed by atoms with Crippen molar-refractivity contribution in [1.82, 2.24) is 9.80 Å². The Morgan fingerprint density at radius 3 is 2.35 bits per heavy atom. The summed E-state index contributed by atoms with van der Waals surface area (Å²) in [6, 6.07) is 4.07. The Morgan fingerprint density at radius 1 is 1.13 bits per heavy atom.